The van der Waals surface area contributed by atoms with Crippen LogP contribution in [0.15, 0.2) is 0 Å². The van der Waals surface area contributed by atoms with E-state index in [0.717, 1.165) is 0 Å². The highest BCUT2D eigenvalue weighted by molar-refractivity contribution is 5.73. The molecular formula is C12H23NO6. The van der Waals surface area contributed by atoms with Crippen molar-refractivity contribution in [1.29, 1.82) is 0 Å². The average Bonchev–Trinajstić information content (AvgIpc) is 2.26. The first-order valence-electron chi connectivity index (χ1n) is 6.23. The maximum Gasteiger partial charge on any atom is 0.217 e. The Morgan fingerprint density at radius 2 is 1.89 bits per heavy atom. The maximum absolute atomic E-state index is 11.2. The van der Waals surface area contributed by atoms with Gasteiger partial charge in [0.25, 0.3) is 0 Å². The van der Waals surface area contributed by atoms with Crippen LogP contribution in [-0.2, 0) is 14.3 Å². The van der Waals surface area contributed by atoms with E-state index < -0.39 is 42.9 Å². The molecule has 0 saturated carbocycles. The molecule has 7 heteroatoms. The number of hydrogen-bond acceptors (Lipinski definition) is 6. The highest BCUT2D eigenvalue weighted by atomic mass is 16.7. The molecule has 0 aromatic carbocycles. The molecule has 1 saturated heterocycles. The highest BCUT2D eigenvalue weighted by Crippen LogP contribution is 2.25. The number of ether oxygens (including phenoxy) is 2. The number of nitrogens with one attached hydrogen (secondary N) is 1. The normalized spacial score (nSPS) is 36.1. The molecule has 0 aromatic rings. The van der Waals surface area contributed by atoms with Crippen molar-refractivity contribution in [2.75, 3.05) is 6.61 Å². The molecule has 1 heterocycles. The van der Waals surface area contributed by atoms with Gasteiger partial charge < -0.3 is 30.1 Å². The Kier molecular flexibility index (Phi) is 5.28. The Labute approximate surface area is 112 Å². The van der Waals surface area contributed by atoms with Gasteiger partial charge in [0, 0.05) is 6.92 Å². The fourth-order valence-electron chi connectivity index (χ4n) is 1.92. The van der Waals surface area contributed by atoms with E-state index in [4.69, 9.17) is 14.6 Å². The van der Waals surface area contributed by atoms with Crippen LogP contribution in [0, 0.1) is 0 Å². The van der Waals surface area contributed by atoms with E-state index in [1.54, 1.807) is 20.8 Å². The van der Waals surface area contributed by atoms with Gasteiger partial charge in [-0.15, -0.1) is 0 Å². The summed E-state index contributed by atoms with van der Waals surface area (Å²) < 4.78 is 11.0. The Morgan fingerprint density at radius 3 is 2.32 bits per heavy atom. The molecule has 0 aliphatic carbocycles. The molecule has 0 spiro atoms. The summed E-state index contributed by atoms with van der Waals surface area (Å²) >= 11 is 0. The summed E-state index contributed by atoms with van der Waals surface area (Å²) in [5.74, 6) is -0.371. The second kappa shape index (κ2) is 6.15. The van der Waals surface area contributed by atoms with E-state index in [1.807, 2.05) is 0 Å². The number of carbonyl (C=O) groups excluding carboxylic acids is 1. The van der Waals surface area contributed by atoms with Gasteiger partial charge in [0.05, 0.1) is 12.2 Å². The number of rotatable bonds is 3. The van der Waals surface area contributed by atoms with Crippen LogP contribution in [0.3, 0.4) is 0 Å². The first-order chi connectivity index (χ1) is 8.65. The molecule has 0 bridgehead atoms. The van der Waals surface area contributed by atoms with Crippen LogP contribution >= 0.6 is 0 Å². The topological polar surface area (TPSA) is 108 Å². The van der Waals surface area contributed by atoms with E-state index >= 15 is 0 Å². The third-order valence-electron chi connectivity index (χ3n) is 2.72. The first kappa shape index (κ1) is 16.3. The second-order valence-electron chi connectivity index (χ2n) is 5.66. The van der Waals surface area contributed by atoms with Gasteiger partial charge >= 0.3 is 0 Å². The predicted octanol–water partition coefficient (Wildman–Crippen LogP) is -1.25. The zero-order valence-corrected chi connectivity index (χ0v) is 11.7. The van der Waals surface area contributed by atoms with E-state index in [-0.39, 0.29) is 5.91 Å². The molecule has 19 heavy (non-hydrogen) atoms. The molecule has 1 amide bonds. The van der Waals surface area contributed by atoms with Crippen LogP contribution in [0.5, 0.6) is 0 Å². The summed E-state index contributed by atoms with van der Waals surface area (Å²) in [6.07, 6.45) is -4.46. The Morgan fingerprint density at radius 1 is 1.32 bits per heavy atom. The standard InChI is InChI=1S/C12H23NO6/c1-6(15)13-8-10(17)9(16)7(5-14)18-11(8)19-12(2,3)4/h7-11,14,16-17H,5H2,1-4H3,(H,13,15)/t7?,8?,9-,10+,11-/m0/s1. The van der Waals surface area contributed by atoms with Crippen molar-refractivity contribution in [3.05, 3.63) is 0 Å². The smallest absolute Gasteiger partial charge is 0.217 e. The number of carbonyl (C=O) groups is 1. The van der Waals surface area contributed by atoms with Gasteiger partial charge in [-0.1, -0.05) is 0 Å². The number of aliphatic hydroxyl groups excluding tert-OH is 3. The fourth-order valence-corrected chi connectivity index (χ4v) is 1.92. The predicted molar refractivity (Wildman–Crippen MR) is 66.2 cm³/mol. The maximum atomic E-state index is 11.2. The minimum Gasteiger partial charge on any atom is -0.394 e. The summed E-state index contributed by atoms with van der Waals surface area (Å²) in [7, 11) is 0. The van der Waals surface area contributed by atoms with Crippen LogP contribution < -0.4 is 5.32 Å². The number of amides is 1. The molecule has 1 rings (SSSR count). The number of hydrogen-bond donors (Lipinski definition) is 4. The Balaban J connectivity index is 2.89. The van der Waals surface area contributed by atoms with Crippen molar-refractivity contribution in [2.24, 2.45) is 0 Å². The summed E-state index contributed by atoms with van der Waals surface area (Å²) in [6.45, 7) is 6.24. The monoisotopic (exact) mass is 277 g/mol. The summed E-state index contributed by atoms with van der Waals surface area (Å²) in [5, 5.41) is 31.4. The molecule has 0 aromatic heterocycles. The highest BCUT2D eigenvalue weighted by Gasteiger charge is 2.46. The zero-order valence-electron chi connectivity index (χ0n) is 11.7. The molecule has 7 nitrogen and oxygen atoms in total. The molecule has 1 fully saturated rings. The lowest BCUT2D eigenvalue weighted by molar-refractivity contribution is -0.292. The Hall–Kier alpha value is -0.730. The summed E-state index contributed by atoms with van der Waals surface area (Å²) in [4.78, 5) is 11.2. The van der Waals surface area contributed by atoms with Crippen molar-refractivity contribution < 1.29 is 29.6 Å². The SMILES string of the molecule is CC(=O)NC1[C@H](OC(C)(C)C)OC(CO)[C@H](O)[C@@H]1O. The molecular weight excluding hydrogens is 254 g/mol. The lowest BCUT2D eigenvalue weighted by Gasteiger charge is -2.44. The van der Waals surface area contributed by atoms with Crippen molar-refractivity contribution in [2.45, 2.75) is 63.9 Å². The molecule has 0 radical (unpaired) electrons. The van der Waals surface area contributed by atoms with Gasteiger partial charge in [0.1, 0.15) is 24.4 Å². The summed E-state index contributed by atoms with van der Waals surface area (Å²) in [5.41, 5.74) is -0.566. The average molecular weight is 277 g/mol. The van der Waals surface area contributed by atoms with Gasteiger partial charge in [0.15, 0.2) is 6.29 Å². The van der Waals surface area contributed by atoms with Crippen LogP contribution in [0.2, 0.25) is 0 Å². The van der Waals surface area contributed by atoms with Crippen LogP contribution in [-0.4, -0.2) is 64.1 Å². The quantitative estimate of drug-likeness (QED) is 0.513. The van der Waals surface area contributed by atoms with Gasteiger partial charge in [-0.25, -0.2) is 0 Å². The van der Waals surface area contributed by atoms with Gasteiger partial charge in [0.2, 0.25) is 5.91 Å². The molecule has 1 aliphatic heterocycles. The van der Waals surface area contributed by atoms with Crippen molar-refractivity contribution >= 4 is 5.91 Å². The molecule has 4 N–H and O–H groups in total. The molecule has 112 valence electrons. The zero-order chi connectivity index (χ0) is 14.8. The summed E-state index contributed by atoms with van der Waals surface area (Å²) in [6, 6.07) is -0.894. The molecule has 1 aliphatic rings. The molecule has 2 unspecified atom stereocenters. The largest absolute Gasteiger partial charge is 0.394 e. The van der Waals surface area contributed by atoms with E-state index in [1.165, 1.54) is 6.92 Å². The van der Waals surface area contributed by atoms with Crippen LogP contribution in [0.25, 0.3) is 0 Å². The number of aliphatic hydroxyl groups is 3. The third kappa shape index (κ3) is 4.39. The third-order valence-corrected chi connectivity index (χ3v) is 2.72. The van der Waals surface area contributed by atoms with Crippen LogP contribution in [0.4, 0.5) is 0 Å². The van der Waals surface area contributed by atoms with Gasteiger partial charge in [-0.05, 0) is 20.8 Å². The van der Waals surface area contributed by atoms with E-state index in [0.29, 0.717) is 0 Å². The lowest BCUT2D eigenvalue weighted by Crippen LogP contribution is -2.65. The lowest BCUT2D eigenvalue weighted by atomic mass is 9.96. The Bertz CT molecular complexity index is 316. The van der Waals surface area contributed by atoms with Crippen molar-refractivity contribution in [1.82, 2.24) is 5.32 Å². The van der Waals surface area contributed by atoms with Crippen molar-refractivity contribution in [3.63, 3.8) is 0 Å². The first-order valence-corrected chi connectivity index (χ1v) is 6.23. The fraction of sp³-hybridized carbons (Fsp3) is 0.917. The minimum absolute atomic E-state index is 0.371. The van der Waals surface area contributed by atoms with E-state index in [2.05, 4.69) is 5.32 Å². The minimum atomic E-state index is -1.29. The van der Waals surface area contributed by atoms with Crippen LogP contribution in [0.1, 0.15) is 27.7 Å². The van der Waals surface area contributed by atoms with Crippen molar-refractivity contribution in [3.8, 4) is 0 Å². The van der Waals surface area contributed by atoms with E-state index in [9.17, 15) is 15.0 Å². The van der Waals surface area contributed by atoms with Gasteiger partial charge in [-0.3, -0.25) is 4.79 Å². The molecule has 5 atom stereocenters. The van der Waals surface area contributed by atoms with Gasteiger partial charge in [-0.2, -0.15) is 0 Å². The second-order valence-corrected chi connectivity index (χ2v) is 5.66.